The van der Waals surface area contributed by atoms with E-state index in [-0.39, 0.29) is 40.2 Å². The van der Waals surface area contributed by atoms with E-state index >= 15 is 0 Å². The van der Waals surface area contributed by atoms with Crippen LogP contribution in [0.15, 0.2) is 76.4 Å². The van der Waals surface area contributed by atoms with Crippen LogP contribution in [0, 0.1) is 5.82 Å². The first-order chi connectivity index (χ1) is 19.7. The highest BCUT2D eigenvalue weighted by Crippen LogP contribution is 2.40. The van der Waals surface area contributed by atoms with E-state index in [9.17, 15) is 28.7 Å². The van der Waals surface area contributed by atoms with Crippen molar-refractivity contribution in [2.45, 2.75) is 11.4 Å². The van der Waals surface area contributed by atoms with Crippen molar-refractivity contribution in [3.05, 3.63) is 88.3 Å². The third kappa shape index (κ3) is 5.90. The van der Waals surface area contributed by atoms with E-state index in [1.54, 1.807) is 18.2 Å². The van der Waals surface area contributed by atoms with E-state index in [0.717, 1.165) is 22.3 Å². The van der Waals surface area contributed by atoms with Gasteiger partial charge in [0.1, 0.15) is 41.0 Å². The fourth-order valence-electron chi connectivity index (χ4n) is 4.05. The Morgan fingerprint density at radius 1 is 1.20 bits per heavy atom. The summed E-state index contributed by atoms with van der Waals surface area (Å²) in [6.07, 6.45) is 0. The van der Waals surface area contributed by atoms with Crippen LogP contribution >= 0.6 is 23.1 Å². The predicted octanol–water partition coefficient (Wildman–Crippen LogP) is 2.24. The van der Waals surface area contributed by atoms with Gasteiger partial charge >= 0.3 is 11.9 Å². The zero-order valence-electron chi connectivity index (χ0n) is 20.9. The van der Waals surface area contributed by atoms with Crippen LogP contribution in [0.2, 0.25) is 0 Å². The van der Waals surface area contributed by atoms with Crippen molar-refractivity contribution in [1.82, 2.24) is 15.2 Å². The average Bonchev–Trinajstić information content (AvgIpc) is 3.40. The number of aliphatic carboxylic acids is 1. The standard InChI is InChI=1S/C26H20FN5O7S2/c27-15-7-4-8-16(9-15)38-10-14-11-40-23-19(22(34)32(23)20(14)24(35)36)30-21(33)18(17-12-41-26(28)29-17)31-39-25(37)13-5-2-1-3-6-13/h1-9,12,19,23H,10-11H2,(H2,28,29)(H,30,33)(H,35,36)/t19?,23-/m0/s1. The van der Waals surface area contributed by atoms with Crippen LogP contribution in [-0.4, -0.2) is 68.2 Å². The molecule has 2 aliphatic rings. The lowest BCUT2D eigenvalue weighted by Crippen LogP contribution is -2.71. The number of benzene rings is 2. The van der Waals surface area contributed by atoms with Gasteiger partial charge < -0.3 is 25.7 Å². The summed E-state index contributed by atoms with van der Waals surface area (Å²) < 4.78 is 19.0. The second-order valence-corrected chi connectivity index (χ2v) is 10.6. The molecule has 2 atom stereocenters. The molecule has 4 N–H and O–H groups in total. The van der Waals surface area contributed by atoms with Crippen molar-refractivity contribution in [2.75, 3.05) is 18.1 Å². The number of carboxylic acid groups (broad SMARTS) is 1. The summed E-state index contributed by atoms with van der Waals surface area (Å²) in [7, 11) is 0. The molecule has 1 unspecified atom stereocenters. The van der Waals surface area contributed by atoms with Gasteiger partial charge in [0.05, 0.1) is 5.56 Å². The molecule has 15 heteroatoms. The molecule has 2 aromatic carbocycles. The molecule has 2 aliphatic heterocycles. The molecule has 5 rings (SSSR count). The predicted molar refractivity (Wildman–Crippen MR) is 147 cm³/mol. The fraction of sp³-hybridized carbons (Fsp3) is 0.154. The molecule has 210 valence electrons. The Kier molecular flexibility index (Phi) is 7.98. The second kappa shape index (κ2) is 11.8. The monoisotopic (exact) mass is 597 g/mol. The lowest BCUT2D eigenvalue weighted by Gasteiger charge is -2.49. The number of rotatable bonds is 9. The van der Waals surface area contributed by atoms with Crippen LogP contribution < -0.4 is 15.8 Å². The summed E-state index contributed by atoms with van der Waals surface area (Å²) in [5.74, 6) is -3.85. The topological polar surface area (TPSA) is 174 Å². The molecule has 1 aromatic heterocycles. The van der Waals surface area contributed by atoms with Crippen LogP contribution in [-0.2, 0) is 19.2 Å². The molecular formula is C26H20FN5O7S2. The van der Waals surface area contributed by atoms with Gasteiger partial charge in [-0.3, -0.25) is 14.5 Å². The summed E-state index contributed by atoms with van der Waals surface area (Å²) in [6, 6.07) is 12.3. The number of nitrogens with zero attached hydrogens (tertiary/aromatic N) is 3. The molecule has 3 aromatic rings. The van der Waals surface area contributed by atoms with E-state index in [0.29, 0.717) is 5.57 Å². The van der Waals surface area contributed by atoms with Crippen LogP contribution in [0.4, 0.5) is 9.52 Å². The average molecular weight is 598 g/mol. The van der Waals surface area contributed by atoms with E-state index in [4.69, 9.17) is 15.3 Å². The molecule has 0 spiro atoms. The summed E-state index contributed by atoms with van der Waals surface area (Å²) in [6.45, 7) is -0.180. The van der Waals surface area contributed by atoms with E-state index < -0.39 is 46.7 Å². The number of carboxylic acids is 1. The number of hydrogen-bond acceptors (Lipinski definition) is 11. The number of thioether (sulfide) groups is 1. The molecule has 0 saturated carbocycles. The number of anilines is 1. The maximum atomic E-state index is 13.5. The number of aromatic nitrogens is 1. The first kappa shape index (κ1) is 27.8. The number of oxime groups is 1. The minimum Gasteiger partial charge on any atom is -0.489 e. The number of nitrogens with one attached hydrogen (secondary N) is 1. The largest absolute Gasteiger partial charge is 0.489 e. The lowest BCUT2D eigenvalue weighted by atomic mass is 10.0. The highest BCUT2D eigenvalue weighted by atomic mass is 32.2. The maximum Gasteiger partial charge on any atom is 0.365 e. The Labute approximate surface area is 239 Å². The highest BCUT2D eigenvalue weighted by molar-refractivity contribution is 8.00. The zero-order valence-corrected chi connectivity index (χ0v) is 22.5. The Hall–Kier alpha value is -4.76. The minimum atomic E-state index is -1.35. The van der Waals surface area contributed by atoms with Crippen molar-refractivity contribution in [3.8, 4) is 5.75 Å². The van der Waals surface area contributed by atoms with E-state index in [1.165, 1.54) is 47.5 Å². The first-order valence-electron chi connectivity index (χ1n) is 11.9. The van der Waals surface area contributed by atoms with Crippen LogP contribution in [0.1, 0.15) is 16.1 Å². The third-order valence-electron chi connectivity index (χ3n) is 5.95. The number of nitrogen functional groups attached to an aromatic ring is 1. The summed E-state index contributed by atoms with van der Waals surface area (Å²) in [5.41, 5.74) is 5.57. The lowest BCUT2D eigenvalue weighted by molar-refractivity contribution is -0.150. The second-order valence-electron chi connectivity index (χ2n) is 8.62. The molecule has 0 aliphatic carbocycles. The number of carbonyl (C=O) groups is 4. The van der Waals surface area contributed by atoms with Gasteiger partial charge in [-0.15, -0.1) is 23.1 Å². The number of halogens is 1. The van der Waals surface area contributed by atoms with Crippen molar-refractivity contribution < 1.29 is 38.2 Å². The van der Waals surface area contributed by atoms with E-state index in [2.05, 4.69) is 15.5 Å². The normalized spacial score (nSPS) is 18.3. The summed E-state index contributed by atoms with van der Waals surface area (Å²) >= 11 is 2.25. The quantitative estimate of drug-likeness (QED) is 0.144. The number of thiazole rings is 1. The van der Waals surface area contributed by atoms with Crippen molar-refractivity contribution in [1.29, 1.82) is 0 Å². The molecule has 0 bridgehead atoms. The smallest absolute Gasteiger partial charge is 0.365 e. The number of nitrogens with two attached hydrogens (primary N) is 1. The number of hydrogen-bond donors (Lipinski definition) is 3. The van der Waals surface area contributed by atoms with Gasteiger partial charge in [0.25, 0.3) is 11.8 Å². The number of carbonyl (C=O) groups excluding carboxylic acids is 3. The molecular weight excluding hydrogens is 577 g/mol. The highest BCUT2D eigenvalue weighted by Gasteiger charge is 2.54. The molecule has 0 radical (unpaired) electrons. The van der Waals surface area contributed by atoms with Gasteiger partial charge in [0.15, 0.2) is 10.8 Å². The maximum absolute atomic E-state index is 13.5. The molecule has 12 nitrogen and oxygen atoms in total. The molecule has 41 heavy (non-hydrogen) atoms. The number of fused-ring (bicyclic) bond motifs is 1. The van der Waals surface area contributed by atoms with Gasteiger partial charge in [0.2, 0.25) is 0 Å². The molecule has 1 fully saturated rings. The van der Waals surface area contributed by atoms with Crippen molar-refractivity contribution in [2.24, 2.45) is 5.16 Å². The van der Waals surface area contributed by atoms with Gasteiger partial charge in [-0.05, 0) is 24.3 Å². The SMILES string of the molecule is Nc1nc(C(=NOC(=O)c2ccccc2)C(=O)NC2C(=O)N3C(C(=O)O)=C(COc4cccc(F)c4)CS[C@@H]23)cs1. The summed E-state index contributed by atoms with van der Waals surface area (Å²) in [5, 5.41) is 16.9. The van der Waals surface area contributed by atoms with Crippen LogP contribution in [0.5, 0.6) is 5.75 Å². The van der Waals surface area contributed by atoms with E-state index in [1.807, 2.05) is 0 Å². The Morgan fingerprint density at radius 3 is 2.66 bits per heavy atom. The zero-order chi connectivity index (χ0) is 29.1. The summed E-state index contributed by atoms with van der Waals surface area (Å²) in [4.78, 5) is 60.8. The van der Waals surface area contributed by atoms with Gasteiger partial charge in [-0.1, -0.05) is 29.4 Å². The van der Waals surface area contributed by atoms with Gasteiger partial charge in [0, 0.05) is 22.8 Å². The molecule has 1 saturated heterocycles. The minimum absolute atomic E-state index is 0.0219. The fourth-order valence-corrected chi connectivity index (χ4v) is 5.92. The first-order valence-corrected chi connectivity index (χ1v) is 13.8. The number of β-lactam (4-membered cyclic amide) rings is 1. The van der Waals surface area contributed by atoms with Crippen molar-refractivity contribution >= 4 is 57.7 Å². The Balaban J connectivity index is 1.31. The van der Waals surface area contributed by atoms with Crippen LogP contribution in [0.3, 0.4) is 0 Å². The Morgan fingerprint density at radius 2 is 1.98 bits per heavy atom. The molecule has 3 heterocycles. The Bertz CT molecular complexity index is 1590. The van der Waals surface area contributed by atoms with Crippen LogP contribution in [0.25, 0.3) is 0 Å². The van der Waals surface area contributed by atoms with Gasteiger partial charge in [-0.2, -0.15) is 0 Å². The third-order valence-corrected chi connectivity index (χ3v) is 7.97. The number of amides is 2. The molecule has 2 amide bonds. The number of ether oxygens (including phenoxy) is 1. The van der Waals surface area contributed by atoms with Crippen molar-refractivity contribution in [3.63, 3.8) is 0 Å². The van der Waals surface area contributed by atoms with Gasteiger partial charge in [-0.25, -0.2) is 19.0 Å².